The highest BCUT2D eigenvalue weighted by molar-refractivity contribution is 7.12. The van der Waals surface area contributed by atoms with E-state index in [0.29, 0.717) is 6.42 Å². The summed E-state index contributed by atoms with van der Waals surface area (Å²) in [5.41, 5.74) is -0.192. The van der Waals surface area contributed by atoms with Gasteiger partial charge in [0.15, 0.2) is 0 Å². The van der Waals surface area contributed by atoms with E-state index in [-0.39, 0.29) is 11.3 Å². The monoisotopic (exact) mass is 240 g/mol. The van der Waals surface area contributed by atoms with E-state index in [9.17, 15) is 9.90 Å². The molecule has 1 atom stereocenters. The van der Waals surface area contributed by atoms with Crippen molar-refractivity contribution in [2.75, 3.05) is 0 Å². The molecule has 2 nitrogen and oxygen atoms in total. The van der Waals surface area contributed by atoms with Gasteiger partial charge in [-0.2, -0.15) is 0 Å². The third kappa shape index (κ3) is 3.34. The predicted octanol–water partition coefficient (Wildman–Crippen LogP) is 3.60. The van der Waals surface area contributed by atoms with Crippen LogP contribution in [0.4, 0.5) is 0 Å². The first-order valence-electron chi connectivity index (χ1n) is 5.65. The minimum atomic E-state index is -0.695. The molecule has 1 heterocycles. The molecule has 1 N–H and O–H groups in total. The van der Waals surface area contributed by atoms with Gasteiger partial charge in [0.2, 0.25) is 0 Å². The van der Waals surface area contributed by atoms with Crippen molar-refractivity contribution >= 4 is 17.3 Å². The van der Waals surface area contributed by atoms with Crippen molar-refractivity contribution in [3.63, 3.8) is 0 Å². The maximum Gasteiger partial charge on any atom is 0.307 e. The Morgan fingerprint density at radius 3 is 2.31 bits per heavy atom. The molecule has 1 unspecified atom stereocenters. The molecule has 3 heteroatoms. The lowest BCUT2D eigenvalue weighted by atomic mass is 9.78. The van der Waals surface area contributed by atoms with Crippen LogP contribution in [0.5, 0.6) is 0 Å². The Morgan fingerprint density at radius 1 is 1.38 bits per heavy atom. The number of carbonyl (C=O) groups is 1. The van der Waals surface area contributed by atoms with Crippen LogP contribution in [0.15, 0.2) is 12.1 Å². The average molecular weight is 240 g/mol. The van der Waals surface area contributed by atoms with E-state index in [1.165, 1.54) is 9.75 Å². The lowest BCUT2D eigenvalue weighted by Crippen LogP contribution is -2.30. The van der Waals surface area contributed by atoms with Crippen LogP contribution >= 0.6 is 11.3 Å². The number of hydrogen-bond donors (Lipinski definition) is 1. The molecule has 0 aromatic carbocycles. The molecule has 90 valence electrons. The van der Waals surface area contributed by atoms with Crippen LogP contribution in [0.1, 0.15) is 37.4 Å². The normalized spacial score (nSPS) is 13.8. The van der Waals surface area contributed by atoms with E-state index in [4.69, 9.17) is 0 Å². The number of carboxylic acids is 1. The van der Waals surface area contributed by atoms with Crippen molar-refractivity contribution in [1.82, 2.24) is 0 Å². The standard InChI is InChI=1S/C13H20O2S/c1-5-9-6-7-10(16-9)8-11(12(14)15)13(2,3)4/h6-7,11H,5,8H2,1-4H3,(H,14,15). The zero-order valence-corrected chi connectivity index (χ0v) is 11.2. The lowest BCUT2D eigenvalue weighted by molar-refractivity contribution is -0.145. The number of aryl methyl sites for hydroxylation is 1. The van der Waals surface area contributed by atoms with Gasteiger partial charge in [0, 0.05) is 9.75 Å². The second-order valence-corrected chi connectivity index (χ2v) is 6.44. The summed E-state index contributed by atoms with van der Waals surface area (Å²) < 4.78 is 0. The zero-order valence-electron chi connectivity index (χ0n) is 10.4. The topological polar surface area (TPSA) is 37.3 Å². The molecule has 0 radical (unpaired) electrons. The lowest BCUT2D eigenvalue weighted by Gasteiger charge is -2.26. The second-order valence-electron chi connectivity index (χ2n) is 5.18. The van der Waals surface area contributed by atoms with Crippen molar-refractivity contribution in [3.05, 3.63) is 21.9 Å². The molecule has 1 rings (SSSR count). The van der Waals surface area contributed by atoms with E-state index in [1.54, 1.807) is 11.3 Å². The van der Waals surface area contributed by atoms with Crippen molar-refractivity contribution in [1.29, 1.82) is 0 Å². The predicted molar refractivity (Wildman–Crippen MR) is 68.0 cm³/mol. The molecular formula is C13H20O2S. The van der Waals surface area contributed by atoms with Crippen LogP contribution in [0.25, 0.3) is 0 Å². The SMILES string of the molecule is CCc1ccc(CC(C(=O)O)C(C)(C)C)s1. The third-order valence-electron chi connectivity index (χ3n) is 2.81. The summed E-state index contributed by atoms with van der Waals surface area (Å²) in [6.07, 6.45) is 1.67. The quantitative estimate of drug-likeness (QED) is 0.873. The van der Waals surface area contributed by atoms with Gasteiger partial charge in [0.05, 0.1) is 5.92 Å². The smallest absolute Gasteiger partial charge is 0.307 e. The van der Waals surface area contributed by atoms with Crippen molar-refractivity contribution in [2.24, 2.45) is 11.3 Å². The van der Waals surface area contributed by atoms with Gasteiger partial charge in [-0.15, -0.1) is 11.3 Å². The average Bonchev–Trinajstić information content (AvgIpc) is 2.59. The number of hydrogen-bond acceptors (Lipinski definition) is 2. The first-order chi connectivity index (χ1) is 7.34. The van der Waals surface area contributed by atoms with Crippen LogP contribution < -0.4 is 0 Å². The van der Waals surface area contributed by atoms with E-state index in [0.717, 1.165) is 6.42 Å². The molecule has 0 spiro atoms. The second kappa shape index (κ2) is 5.00. The zero-order chi connectivity index (χ0) is 12.3. The summed E-state index contributed by atoms with van der Waals surface area (Å²) in [5, 5.41) is 9.24. The van der Waals surface area contributed by atoms with Gasteiger partial charge in [-0.1, -0.05) is 27.7 Å². The maximum absolute atomic E-state index is 11.2. The van der Waals surface area contributed by atoms with Crippen LogP contribution in [0, 0.1) is 11.3 Å². The Morgan fingerprint density at radius 2 is 1.94 bits per heavy atom. The molecule has 1 aromatic heterocycles. The molecular weight excluding hydrogens is 220 g/mol. The Balaban J connectivity index is 2.80. The van der Waals surface area contributed by atoms with Crippen LogP contribution in [0.2, 0.25) is 0 Å². The van der Waals surface area contributed by atoms with E-state index in [2.05, 4.69) is 19.1 Å². The highest BCUT2D eigenvalue weighted by Gasteiger charge is 2.31. The van der Waals surface area contributed by atoms with E-state index < -0.39 is 5.97 Å². The summed E-state index contributed by atoms with van der Waals surface area (Å²) in [6, 6.07) is 4.16. The van der Waals surface area contributed by atoms with Gasteiger partial charge < -0.3 is 5.11 Å². The molecule has 0 aliphatic heterocycles. The number of aliphatic carboxylic acids is 1. The molecule has 0 aliphatic rings. The van der Waals surface area contributed by atoms with Gasteiger partial charge >= 0.3 is 5.97 Å². The van der Waals surface area contributed by atoms with E-state index in [1.807, 2.05) is 20.8 Å². The van der Waals surface area contributed by atoms with Crippen LogP contribution in [0.3, 0.4) is 0 Å². The highest BCUT2D eigenvalue weighted by Crippen LogP contribution is 2.31. The minimum absolute atomic E-state index is 0.192. The van der Waals surface area contributed by atoms with Crippen molar-refractivity contribution in [2.45, 2.75) is 40.5 Å². The van der Waals surface area contributed by atoms with Gasteiger partial charge in [0.1, 0.15) is 0 Å². The summed E-state index contributed by atoms with van der Waals surface area (Å²) in [5.74, 6) is -1.00. The van der Waals surface area contributed by atoms with Gasteiger partial charge in [-0.25, -0.2) is 0 Å². The molecule has 16 heavy (non-hydrogen) atoms. The molecule has 0 saturated heterocycles. The molecule has 0 aliphatic carbocycles. The van der Waals surface area contributed by atoms with Crippen LogP contribution in [-0.2, 0) is 17.6 Å². The minimum Gasteiger partial charge on any atom is -0.481 e. The summed E-state index contributed by atoms with van der Waals surface area (Å²) in [6.45, 7) is 8.08. The Hall–Kier alpha value is -0.830. The van der Waals surface area contributed by atoms with Crippen LogP contribution in [-0.4, -0.2) is 11.1 Å². The Labute approximate surface area is 101 Å². The molecule has 0 saturated carbocycles. The van der Waals surface area contributed by atoms with Gasteiger partial charge in [0.25, 0.3) is 0 Å². The Kier molecular flexibility index (Phi) is 4.14. The number of rotatable bonds is 4. The first-order valence-corrected chi connectivity index (χ1v) is 6.46. The fraction of sp³-hybridized carbons (Fsp3) is 0.615. The van der Waals surface area contributed by atoms with Crippen molar-refractivity contribution in [3.8, 4) is 0 Å². The fourth-order valence-electron chi connectivity index (χ4n) is 1.69. The largest absolute Gasteiger partial charge is 0.481 e. The van der Waals surface area contributed by atoms with Crippen molar-refractivity contribution < 1.29 is 9.90 Å². The summed E-state index contributed by atoms with van der Waals surface area (Å²) in [4.78, 5) is 13.7. The maximum atomic E-state index is 11.2. The third-order valence-corrected chi connectivity index (χ3v) is 4.07. The van der Waals surface area contributed by atoms with Gasteiger partial charge in [-0.3, -0.25) is 4.79 Å². The molecule has 1 aromatic rings. The highest BCUT2D eigenvalue weighted by atomic mass is 32.1. The summed E-state index contributed by atoms with van der Waals surface area (Å²) in [7, 11) is 0. The molecule has 0 amide bonds. The number of thiophene rings is 1. The fourth-order valence-corrected chi connectivity index (χ4v) is 2.69. The first kappa shape index (κ1) is 13.2. The molecule has 0 bridgehead atoms. The summed E-state index contributed by atoms with van der Waals surface area (Å²) >= 11 is 1.73. The van der Waals surface area contributed by atoms with Gasteiger partial charge in [-0.05, 0) is 30.4 Å². The Bertz CT molecular complexity index is 360. The van der Waals surface area contributed by atoms with E-state index >= 15 is 0 Å². The molecule has 0 fully saturated rings. The number of carboxylic acid groups (broad SMARTS) is 1.